The molecule has 2 heterocycles. The fraction of sp³-hybridized carbons (Fsp3) is 0.333. The van der Waals surface area contributed by atoms with Crippen LogP contribution in [0.2, 0.25) is 5.15 Å². The highest BCUT2D eigenvalue weighted by Gasteiger charge is 2.20. The van der Waals surface area contributed by atoms with Crippen LogP contribution in [-0.4, -0.2) is 27.6 Å². The summed E-state index contributed by atoms with van der Waals surface area (Å²) in [6, 6.07) is 3.52. The number of halogens is 1. The maximum absolute atomic E-state index is 10.7. The average molecular weight is 213 g/mol. The largest absolute Gasteiger partial charge is 0.465 e. The highest BCUT2D eigenvalue weighted by Crippen LogP contribution is 2.19. The van der Waals surface area contributed by atoms with Crippen molar-refractivity contribution in [3.63, 3.8) is 0 Å². The zero-order valence-electron chi connectivity index (χ0n) is 7.40. The van der Waals surface area contributed by atoms with E-state index in [2.05, 4.69) is 4.98 Å². The Morgan fingerprint density at radius 3 is 3.07 bits per heavy atom. The SMILES string of the molecule is O=C(O)N1CCc2nc(Cl)ccc2C1. The van der Waals surface area contributed by atoms with Gasteiger partial charge in [0.15, 0.2) is 0 Å². The van der Waals surface area contributed by atoms with Gasteiger partial charge in [-0.3, -0.25) is 0 Å². The first-order valence-electron chi connectivity index (χ1n) is 4.29. The lowest BCUT2D eigenvalue weighted by atomic mass is 10.1. The third-order valence-electron chi connectivity index (χ3n) is 2.28. The highest BCUT2D eigenvalue weighted by molar-refractivity contribution is 6.29. The third kappa shape index (κ3) is 1.65. The molecule has 0 unspecified atom stereocenters. The lowest BCUT2D eigenvalue weighted by Crippen LogP contribution is -2.35. The molecule has 0 fully saturated rings. The smallest absolute Gasteiger partial charge is 0.407 e. The van der Waals surface area contributed by atoms with Crippen LogP contribution in [0.25, 0.3) is 0 Å². The Hall–Kier alpha value is -1.29. The van der Waals surface area contributed by atoms with E-state index < -0.39 is 6.09 Å². The van der Waals surface area contributed by atoms with Gasteiger partial charge < -0.3 is 10.0 Å². The Morgan fingerprint density at radius 2 is 2.36 bits per heavy atom. The van der Waals surface area contributed by atoms with Crippen molar-refractivity contribution in [3.8, 4) is 0 Å². The molecule has 2 rings (SSSR count). The first-order valence-corrected chi connectivity index (χ1v) is 4.67. The molecule has 0 saturated heterocycles. The molecule has 0 aliphatic carbocycles. The topological polar surface area (TPSA) is 53.4 Å². The van der Waals surface area contributed by atoms with Crippen molar-refractivity contribution in [1.29, 1.82) is 0 Å². The minimum absolute atomic E-state index is 0.412. The second-order valence-corrected chi connectivity index (χ2v) is 3.58. The molecular weight excluding hydrogens is 204 g/mol. The van der Waals surface area contributed by atoms with Crippen molar-refractivity contribution in [2.24, 2.45) is 0 Å². The number of hydrogen-bond donors (Lipinski definition) is 1. The van der Waals surface area contributed by atoms with Crippen LogP contribution in [0.1, 0.15) is 11.3 Å². The van der Waals surface area contributed by atoms with Gasteiger partial charge in [-0.2, -0.15) is 0 Å². The number of rotatable bonds is 0. The van der Waals surface area contributed by atoms with Crippen molar-refractivity contribution in [2.45, 2.75) is 13.0 Å². The molecule has 0 bridgehead atoms. The first kappa shape index (κ1) is 9.27. The summed E-state index contributed by atoms with van der Waals surface area (Å²) < 4.78 is 0. The van der Waals surface area contributed by atoms with Crippen LogP contribution < -0.4 is 0 Å². The summed E-state index contributed by atoms with van der Waals surface area (Å²) in [6.07, 6.45) is -0.243. The van der Waals surface area contributed by atoms with Crippen molar-refractivity contribution < 1.29 is 9.90 Å². The molecule has 1 amide bonds. The Labute approximate surface area is 86.1 Å². The Balaban J connectivity index is 2.27. The Kier molecular flexibility index (Phi) is 2.29. The minimum Gasteiger partial charge on any atom is -0.465 e. The van der Waals surface area contributed by atoms with Gasteiger partial charge in [0, 0.05) is 18.7 Å². The average Bonchev–Trinajstić information content (AvgIpc) is 2.16. The quantitative estimate of drug-likeness (QED) is 0.667. The lowest BCUT2D eigenvalue weighted by molar-refractivity contribution is 0.139. The van der Waals surface area contributed by atoms with E-state index in [1.165, 1.54) is 4.90 Å². The monoisotopic (exact) mass is 212 g/mol. The summed E-state index contributed by atoms with van der Waals surface area (Å²) in [5, 5.41) is 9.26. The highest BCUT2D eigenvalue weighted by atomic mass is 35.5. The predicted molar refractivity (Wildman–Crippen MR) is 51.4 cm³/mol. The van der Waals surface area contributed by atoms with E-state index in [4.69, 9.17) is 16.7 Å². The van der Waals surface area contributed by atoms with Crippen molar-refractivity contribution in [3.05, 3.63) is 28.5 Å². The number of hydrogen-bond acceptors (Lipinski definition) is 2. The molecule has 1 aliphatic heterocycles. The van der Waals surface area contributed by atoms with E-state index in [9.17, 15) is 4.79 Å². The van der Waals surface area contributed by atoms with Crippen LogP contribution in [0.5, 0.6) is 0 Å². The Morgan fingerprint density at radius 1 is 1.57 bits per heavy atom. The van der Waals surface area contributed by atoms with Crippen LogP contribution >= 0.6 is 11.6 Å². The van der Waals surface area contributed by atoms with Gasteiger partial charge in [-0.25, -0.2) is 9.78 Å². The molecule has 74 valence electrons. The summed E-state index contributed by atoms with van der Waals surface area (Å²) in [5.74, 6) is 0. The third-order valence-corrected chi connectivity index (χ3v) is 2.50. The van der Waals surface area contributed by atoms with E-state index in [0.29, 0.717) is 24.7 Å². The van der Waals surface area contributed by atoms with Crippen LogP contribution in [0, 0.1) is 0 Å². The summed E-state index contributed by atoms with van der Waals surface area (Å²) in [5.41, 5.74) is 1.86. The fourth-order valence-corrected chi connectivity index (χ4v) is 1.72. The van der Waals surface area contributed by atoms with E-state index in [1.807, 2.05) is 6.07 Å². The number of carboxylic acid groups (broad SMARTS) is 1. The number of aromatic nitrogens is 1. The van der Waals surface area contributed by atoms with Gasteiger partial charge in [0.1, 0.15) is 5.15 Å². The molecule has 14 heavy (non-hydrogen) atoms. The maximum Gasteiger partial charge on any atom is 0.407 e. The van der Waals surface area contributed by atoms with E-state index in [0.717, 1.165) is 11.3 Å². The molecular formula is C9H9ClN2O2. The summed E-state index contributed by atoms with van der Waals surface area (Å²) in [6.45, 7) is 0.907. The van der Waals surface area contributed by atoms with Gasteiger partial charge in [0.2, 0.25) is 0 Å². The van der Waals surface area contributed by atoms with Crippen molar-refractivity contribution >= 4 is 17.7 Å². The molecule has 5 heteroatoms. The van der Waals surface area contributed by atoms with Crippen molar-refractivity contribution in [1.82, 2.24) is 9.88 Å². The zero-order valence-corrected chi connectivity index (χ0v) is 8.16. The number of carbonyl (C=O) groups is 1. The van der Waals surface area contributed by atoms with Crippen LogP contribution in [0.3, 0.4) is 0 Å². The molecule has 0 saturated carbocycles. The first-order chi connectivity index (χ1) is 6.66. The number of nitrogens with zero attached hydrogens (tertiary/aromatic N) is 2. The molecule has 1 aromatic heterocycles. The maximum atomic E-state index is 10.7. The molecule has 1 N–H and O–H groups in total. The minimum atomic E-state index is -0.884. The lowest BCUT2D eigenvalue weighted by Gasteiger charge is -2.25. The molecule has 0 spiro atoms. The van der Waals surface area contributed by atoms with Crippen LogP contribution in [0.15, 0.2) is 12.1 Å². The van der Waals surface area contributed by atoms with E-state index in [1.54, 1.807) is 6.07 Å². The molecule has 1 aromatic rings. The van der Waals surface area contributed by atoms with E-state index in [-0.39, 0.29) is 0 Å². The summed E-state index contributed by atoms with van der Waals surface area (Å²) in [7, 11) is 0. The van der Waals surface area contributed by atoms with Gasteiger partial charge in [-0.05, 0) is 11.6 Å². The standard InChI is InChI=1S/C9H9ClN2O2/c10-8-2-1-6-5-12(9(13)14)4-3-7(6)11-8/h1-2H,3-5H2,(H,13,14). The second-order valence-electron chi connectivity index (χ2n) is 3.19. The molecule has 1 aliphatic rings. The van der Waals surface area contributed by atoms with Gasteiger partial charge in [0.25, 0.3) is 0 Å². The molecule has 0 aromatic carbocycles. The van der Waals surface area contributed by atoms with Gasteiger partial charge >= 0.3 is 6.09 Å². The molecule has 4 nitrogen and oxygen atoms in total. The van der Waals surface area contributed by atoms with Gasteiger partial charge in [-0.1, -0.05) is 17.7 Å². The van der Waals surface area contributed by atoms with Crippen LogP contribution in [-0.2, 0) is 13.0 Å². The Bertz CT molecular complexity index is 381. The predicted octanol–water partition coefficient (Wildman–Crippen LogP) is 1.77. The van der Waals surface area contributed by atoms with E-state index >= 15 is 0 Å². The second kappa shape index (κ2) is 3.46. The molecule has 0 atom stereocenters. The number of amides is 1. The normalized spacial score (nSPS) is 15.1. The number of pyridine rings is 1. The summed E-state index contributed by atoms with van der Waals surface area (Å²) >= 11 is 5.73. The fourth-order valence-electron chi connectivity index (χ4n) is 1.55. The van der Waals surface area contributed by atoms with Gasteiger partial charge in [0.05, 0.1) is 6.54 Å². The molecule has 0 radical (unpaired) electrons. The van der Waals surface area contributed by atoms with Gasteiger partial charge in [-0.15, -0.1) is 0 Å². The number of fused-ring (bicyclic) bond motifs is 1. The van der Waals surface area contributed by atoms with Crippen molar-refractivity contribution in [2.75, 3.05) is 6.54 Å². The van der Waals surface area contributed by atoms with Crippen LogP contribution in [0.4, 0.5) is 4.79 Å². The zero-order chi connectivity index (χ0) is 10.1. The summed E-state index contributed by atoms with van der Waals surface area (Å²) in [4.78, 5) is 16.2.